The minimum Gasteiger partial charge on any atom is -0.475 e. The molecule has 0 aliphatic carbocycles. The average molecular weight is 525 g/mol. The van der Waals surface area contributed by atoms with Crippen molar-refractivity contribution >= 4 is 23.5 Å². The van der Waals surface area contributed by atoms with Gasteiger partial charge in [0.2, 0.25) is 0 Å². The minimum atomic E-state index is 0.621. The molecule has 0 aliphatic rings. The van der Waals surface area contributed by atoms with Crippen LogP contribution in [0.25, 0.3) is 22.5 Å². The van der Waals surface area contributed by atoms with Gasteiger partial charge in [0, 0.05) is 35.9 Å². The molecule has 0 unspecified atom stereocenters. The highest BCUT2D eigenvalue weighted by Crippen LogP contribution is 2.28. The Hall–Kier alpha value is -2.98. The van der Waals surface area contributed by atoms with E-state index in [0.29, 0.717) is 25.0 Å². The van der Waals surface area contributed by atoms with E-state index < -0.39 is 0 Å². The lowest BCUT2D eigenvalue weighted by Crippen LogP contribution is -1.99. The van der Waals surface area contributed by atoms with Gasteiger partial charge in [-0.15, -0.1) is 8.75 Å². The summed E-state index contributed by atoms with van der Waals surface area (Å²) in [7, 11) is 0. The summed E-state index contributed by atoms with van der Waals surface area (Å²) in [5.74, 6) is 1.24. The molecule has 0 radical (unpaired) electrons. The summed E-state index contributed by atoms with van der Waals surface area (Å²) < 4.78 is 29.0. The topological polar surface area (TPSA) is 95.8 Å². The molecule has 10 heteroatoms. The first-order valence-corrected chi connectivity index (χ1v) is 14.1. The molecule has 190 valence electrons. The van der Waals surface area contributed by atoms with Crippen molar-refractivity contribution in [1.29, 1.82) is 0 Å². The molecule has 0 aromatic carbocycles. The van der Waals surface area contributed by atoms with E-state index >= 15 is 0 Å². The van der Waals surface area contributed by atoms with Crippen molar-refractivity contribution in [3.05, 3.63) is 49.1 Å². The number of unbranched alkanes of at least 4 members (excludes halogenated alkanes) is 9. The summed E-state index contributed by atoms with van der Waals surface area (Å²) in [4.78, 5) is 8.29. The third-order valence-electron chi connectivity index (χ3n) is 5.80. The second-order valence-electron chi connectivity index (χ2n) is 8.55. The maximum Gasteiger partial charge on any atom is 0.254 e. The molecule has 4 rings (SSSR count). The van der Waals surface area contributed by atoms with Gasteiger partial charge in [0.05, 0.1) is 36.7 Å². The van der Waals surface area contributed by atoms with Crippen LogP contribution < -0.4 is 9.47 Å². The van der Waals surface area contributed by atoms with E-state index in [2.05, 4.69) is 27.5 Å². The van der Waals surface area contributed by atoms with E-state index in [-0.39, 0.29) is 0 Å². The van der Waals surface area contributed by atoms with E-state index in [1.165, 1.54) is 74.8 Å². The van der Waals surface area contributed by atoms with Crippen molar-refractivity contribution in [2.24, 2.45) is 0 Å². The highest BCUT2D eigenvalue weighted by atomic mass is 32.1. The van der Waals surface area contributed by atoms with Crippen molar-refractivity contribution < 1.29 is 9.47 Å². The summed E-state index contributed by atoms with van der Waals surface area (Å²) in [5.41, 5.74) is 3.46. The Morgan fingerprint density at radius 2 is 0.944 bits per heavy atom. The van der Waals surface area contributed by atoms with Gasteiger partial charge in [-0.1, -0.05) is 51.4 Å². The fraction of sp³-hybridized carbons (Fsp3) is 0.462. The molecule has 0 amide bonds. The van der Waals surface area contributed by atoms with E-state index in [1.54, 1.807) is 24.8 Å². The third-order valence-corrected chi connectivity index (χ3v) is 6.83. The standard InChI is InChI=1S/C26H32N6O2S2/c1(3-5-7-9-17-33-25-23(29-35-31-25)21-13-11-15-27-19-21)2-4-6-8-10-18-34-26-24(30-36-32-26)22-14-12-16-28-20-22/h11-16,19-20H,1-10,17-18H2. The Labute approximate surface area is 220 Å². The zero-order chi connectivity index (χ0) is 24.7. The SMILES string of the molecule is c1cncc(-c2nsnc2OCCCCCCCCCCCCOc2nsnc2-c2cccnc2)c1. The van der Waals surface area contributed by atoms with Gasteiger partial charge in [0.15, 0.2) is 0 Å². The van der Waals surface area contributed by atoms with Crippen LogP contribution in [0.3, 0.4) is 0 Å². The molecule has 0 spiro atoms. The molecule has 0 saturated carbocycles. The lowest BCUT2D eigenvalue weighted by atomic mass is 10.1. The van der Waals surface area contributed by atoms with Crippen LogP contribution in [0.15, 0.2) is 49.1 Å². The van der Waals surface area contributed by atoms with Crippen LogP contribution in [0.5, 0.6) is 11.8 Å². The Morgan fingerprint density at radius 3 is 1.33 bits per heavy atom. The summed E-state index contributed by atoms with van der Waals surface area (Å²) >= 11 is 2.36. The largest absolute Gasteiger partial charge is 0.475 e. The van der Waals surface area contributed by atoms with Crippen LogP contribution in [-0.4, -0.2) is 40.7 Å². The molecule has 0 saturated heterocycles. The number of hydrogen-bond donors (Lipinski definition) is 0. The Bertz CT molecular complexity index is 1030. The van der Waals surface area contributed by atoms with Crippen LogP contribution in [0.1, 0.15) is 64.2 Å². The van der Waals surface area contributed by atoms with Crippen molar-refractivity contribution in [2.45, 2.75) is 64.2 Å². The maximum absolute atomic E-state index is 5.87. The Balaban J connectivity index is 0.963. The van der Waals surface area contributed by atoms with Gasteiger partial charge in [0.25, 0.3) is 11.8 Å². The van der Waals surface area contributed by atoms with Crippen LogP contribution in [0.4, 0.5) is 0 Å². The molecular formula is C26H32N6O2S2. The van der Waals surface area contributed by atoms with E-state index in [0.717, 1.165) is 35.4 Å². The van der Waals surface area contributed by atoms with Crippen LogP contribution in [0.2, 0.25) is 0 Å². The maximum atomic E-state index is 5.87. The Kier molecular flexibility index (Phi) is 11.0. The second kappa shape index (κ2) is 15.2. The number of aromatic nitrogens is 6. The number of pyridine rings is 2. The van der Waals surface area contributed by atoms with Gasteiger partial charge in [-0.3, -0.25) is 9.97 Å². The molecular weight excluding hydrogens is 492 g/mol. The molecule has 0 atom stereocenters. The number of ether oxygens (including phenoxy) is 2. The fourth-order valence-corrected chi connectivity index (χ4v) is 4.90. The lowest BCUT2D eigenvalue weighted by Gasteiger charge is -2.06. The smallest absolute Gasteiger partial charge is 0.254 e. The molecule has 36 heavy (non-hydrogen) atoms. The van der Waals surface area contributed by atoms with E-state index in [9.17, 15) is 0 Å². The number of nitrogens with zero attached hydrogens (tertiary/aromatic N) is 6. The van der Waals surface area contributed by atoms with Gasteiger partial charge in [0.1, 0.15) is 11.4 Å². The van der Waals surface area contributed by atoms with Gasteiger partial charge in [-0.2, -0.15) is 8.75 Å². The quantitative estimate of drug-likeness (QED) is 0.138. The van der Waals surface area contributed by atoms with Crippen LogP contribution >= 0.6 is 23.5 Å². The zero-order valence-corrected chi connectivity index (χ0v) is 22.1. The van der Waals surface area contributed by atoms with Crippen LogP contribution in [-0.2, 0) is 0 Å². The summed E-state index contributed by atoms with van der Waals surface area (Å²) in [6, 6.07) is 7.75. The molecule has 0 N–H and O–H groups in total. The molecule has 4 aromatic rings. The minimum absolute atomic E-state index is 0.621. The molecule has 4 heterocycles. The third kappa shape index (κ3) is 8.30. The molecule has 8 nitrogen and oxygen atoms in total. The van der Waals surface area contributed by atoms with Gasteiger partial charge in [-0.05, 0) is 37.1 Å². The first-order chi connectivity index (χ1) is 17.9. The molecule has 4 aromatic heterocycles. The summed E-state index contributed by atoms with van der Waals surface area (Å²) in [5, 5.41) is 0. The highest BCUT2D eigenvalue weighted by molar-refractivity contribution is 6.99. The number of rotatable bonds is 17. The van der Waals surface area contributed by atoms with Gasteiger partial charge < -0.3 is 9.47 Å². The van der Waals surface area contributed by atoms with Crippen molar-refractivity contribution in [2.75, 3.05) is 13.2 Å². The van der Waals surface area contributed by atoms with E-state index in [4.69, 9.17) is 9.47 Å². The summed E-state index contributed by atoms with van der Waals surface area (Å²) in [6.07, 6.45) is 19.2. The lowest BCUT2D eigenvalue weighted by molar-refractivity contribution is 0.295. The first-order valence-electron chi connectivity index (χ1n) is 12.6. The van der Waals surface area contributed by atoms with Gasteiger partial charge >= 0.3 is 0 Å². The summed E-state index contributed by atoms with van der Waals surface area (Å²) in [6.45, 7) is 1.36. The zero-order valence-electron chi connectivity index (χ0n) is 20.4. The molecule has 0 fully saturated rings. The molecule has 0 aliphatic heterocycles. The van der Waals surface area contributed by atoms with Crippen molar-refractivity contribution in [3.63, 3.8) is 0 Å². The highest BCUT2D eigenvalue weighted by Gasteiger charge is 2.12. The average Bonchev–Trinajstić information content (AvgIpc) is 3.60. The van der Waals surface area contributed by atoms with Gasteiger partial charge in [-0.25, -0.2) is 0 Å². The second-order valence-corrected chi connectivity index (χ2v) is 9.61. The normalized spacial score (nSPS) is 11.0. The number of hydrogen-bond acceptors (Lipinski definition) is 10. The molecule has 0 bridgehead atoms. The van der Waals surface area contributed by atoms with Crippen molar-refractivity contribution in [3.8, 4) is 34.3 Å². The predicted molar refractivity (Wildman–Crippen MR) is 143 cm³/mol. The first kappa shape index (κ1) is 26.1. The van der Waals surface area contributed by atoms with Crippen LogP contribution in [0, 0.1) is 0 Å². The Morgan fingerprint density at radius 1 is 0.528 bits per heavy atom. The van der Waals surface area contributed by atoms with Crippen molar-refractivity contribution in [1.82, 2.24) is 27.5 Å². The predicted octanol–water partition coefficient (Wildman–Crippen LogP) is 6.87. The fourth-order valence-electron chi connectivity index (χ4n) is 3.86. The van der Waals surface area contributed by atoms with E-state index in [1.807, 2.05) is 24.3 Å². The monoisotopic (exact) mass is 524 g/mol.